The number of hydrogen-bond donors (Lipinski definition) is 2. The number of nitrogens with two attached hydrogens (primary N) is 2. The van der Waals surface area contributed by atoms with Gasteiger partial charge in [0.1, 0.15) is 0 Å². The van der Waals surface area contributed by atoms with E-state index in [0.717, 1.165) is 15.6 Å². The van der Waals surface area contributed by atoms with Gasteiger partial charge in [0.2, 0.25) is 5.91 Å². The first-order valence-corrected chi connectivity index (χ1v) is 7.36. The maximum Gasteiger partial charge on any atom is 0.237 e. The molecule has 1 aromatic carbocycles. The third-order valence-corrected chi connectivity index (χ3v) is 4.87. The van der Waals surface area contributed by atoms with Gasteiger partial charge in [0.05, 0.1) is 15.8 Å². The van der Waals surface area contributed by atoms with E-state index >= 15 is 0 Å². The van der Waals surface area contributed by atoms with E-state index in [1.165, 1.54) is 4.70 Å². The van der Waals surface area contributed by atoms with Crippen molar-refractivity contribution < 1.29 is 4.79 Å². The Hall–Kier alpha value is -1.11. The number of hydrogen-bond acceptors (Lipinski definition) is 5. The van der Waals surface area contributed by atoms with Crippen LogP contribution in [0.25, 0.3) is 10.2 Å². The number of nitrogens with zero attached hydrogens (tertiary/aromatic N) is 1. The zero-order chi connectivity index (χ0) is 13.2. The Labute approximate surface area is 114 Å². The molecule has 1 heterocycles. The van der Waals surface area contributed by atoms with Crippen molar-refractivity contribution in [2.75, 3.05) is 5.75 Å². The van der Waals surface area contributed by atoms with Crippen LogP contribution in [-0.2, 0) is 4.79 Å². The molecule has 0 saturated carbocycles. The third kappa shape index (κ3) is 3.01. The van der Waals surface area contributed by atoms with Gasteiger partial charge in [0.25, 0.3) is 0 Å². The predicted octanol–water partition coefficient (Wildman–Crippen LogP) is 1.98. The van der Waals surface area contributed by atoms with Crippen LogP contribution in [0.15, 0.2) is 28.6 Å². The summed E-state index contributed by atoms with van der Waals surface area (Å²) in [6.45, 7) is 1.66. The molecule has 0 aliphatic carbocycles. The van der Waals surface area contributed by atoms with Crippen molar-refractivity contribution in [3.8, 4) is 0 Å². The summed E-state index contributed by atoms with van der Waals surface area (Å²) in [5.41, 5.74) is 11.1. The number of para-hydroxylation sites is 1. The molecule has 0 bridgehead atoms. The van der Waals surface area contributed by atoms with Crippen LogP contribution in [0, 0.1) is 0 Å². The predicted molar refractivity (Wildman–Crippen MR) is 76.7 cm³/mol. The minimum Gasteiger partial charge on any atom is -0.368 e. The fraction of sp³-hybridized carbons (Fsp3) is 0.333. The average molecular weight is 281 g/mol. The summed E-state index contributed by atoms with van der Waals surface area (Å²) >= 11 is 3.26. The maximum absolute atomic E-state index is 11.1. The molecule has 0 radical (unpaired) electrons. The zero-order valence-corrected chi connectivity index (χ0v) is 11.7. The van der Waals surface area contributed by atoms with Gasteiger partial charge in [-0.25, -0.2) is 4.98 Å². The lowest BCUT2D eigenvalue weighted by molar-refractivity contribution is -0.122. The van der Waals surface area contributed by atoms with Crippen molar-refractivity contribution in [1.82, 2.24) is 4.98 Å². The summed E-state index contributed by atoms with van der Waals surface area (Å²) in [5, 5.41) is 0. The van der Waals surface area contributed by atoms with Crippen LogP contribution in [0.1, 0.15) is 13.3 Å². The number of thioether (sulfide) groups is 1. The molecular formula is C12H15N3OS2. The van der Waals surface area contributed by atoms with E-state index in [4.69, 9.17) is 11.5 Å². The second-order valence-corrected chi connectivity index (χ2v) is 6.70. The minimum absolute atomic E-state index is 0.465. The monoisotopic (exact) mass is 281 g/mol. The summed E-state index contributed by atoms with van der Waals surface area (Å²) in [7, 11) is 0. The third-order valence-electron chi connectivity index (χ3n) is 2.68. The molecule has 0 aliphatic heterocycles. The molecule has 1 aromatic heterocycles. The van der Waals surface area contributed by atoms with E-state index in [9.17, 15) is 4.79 Å². The van der Waals surface area contributed by atoms with Gasteiger partial charge in [-0.05, 0) is 25.5 Å². The molecule has 2 aromatic rings. The second kappa shape index (κ2) is 5.26. The average Bonchev–Trinajstić information content (AvgIpc) is 2.70. The van der Waals surface area contributed by atoms with Crippen LogP contribution in [0.3, 0.4) is 0 Å². The van der Waals surface area contributed by atoms with E-state index in [-0.39, 0.29) is 0 Å². The van der Waals surface area contributed by atoms with Gasteiger partial charge in [-0.3, -0.25) is 4.79 Å². The molecule has 1 atom stereocenters. The molecule has 0 fully saturated rings. The number of thiazole rings is 1. The molecule has 0 saturated heterocycles. The van der Waals surface area contributed by atoms with Crippen LogP contribution < -0.4 is 11.5 Å². The molecule has 2 rings (SSSR count). The van der Waals surface area contributed by atoms with Gasteiger partial charge in [-0.15, -0.1) is 11.3 Å². The van der Waals surface area contributed by atoms with Crippen molar-refractivity contribution in [3.05, 3.63) is 24.3 Å². The highest BCUT2D eigenvalue weighted by Crippen LogP contribution is 2.30. The van der Waals surface area contributed by atoms with Gasteiger partial charge in [-0.1, -0.05) is 23.9 Å². The minimum atomic E-state index is -0.941. The largest absolute Gasteiger partial charge is 0.368 e. The van der Waals surface area contributed by atoms with E-state index in [1.807, 2.05) is 24.3 Å². The number of rotatable bonds is 5. The first-order chi connectivity index (χ1) is 8.49. The molecule has 4 N–H and O–H groups in total. The maximum atomic E-state index is 11.1. The molecule has 6 heteroatoms. The number of fused-ring (bicyclic) bond motifs is 1. The normalized spacial score (nSPS) is 14.6. The molecule has 1 amide bonds. The Morgan fingerprint density at radius 1 is 1.50 bits per heavy atom. The van der Waals surface area contributed by atoms with E-state index < -0.39 is 11.4 Å². The fourth-order valence-corrected chi connectivity index (χ4v) is 3.70. The quantitative estimate of drug-likeness (QED) is 0.821. The number of primary amides is 1. The highest BCUT2D eigenvalue weighted by atomic mass is 32.2. The molecule has 18 heavy (non-hydrogen) atoms. The van der Waals surface area contributed by atoms with Crippen molar-refractivity contribution >= 4 is 39.2 Å². The van der Waals surface area contributed by atoms with Gasteiger partial charge >= 0.3 is 0 Å². The van der Waals surface area contributed by atoms with Crippen LogP contribution in [0.2, 0.25) is 0 Å². The fourth-order valence-electron chi connectivity index (χ4n) is 1.39. The number of carbonyl (C=O) groups is 1. The van der Waals surface area contributed by atoms with Gasteiger partial charge in [-0.2, -0.15) is 0 Å². The molecule has 96 valence electrons. The van der Waals surface area contributed by atoms with Crippen molar-refractivity contribution in [2.24, 2.45) is 11.5 Å². The Morgan fingerprint density at radius 2 is 2.22 bits per heavy atom. The molecular weight excluding hydrogens is 266 g/mol. The summed E-state index contributed by atoms with van der Waals surface area (Å²) in [6.07, 6.45) is 0.545. The standard InChI is InChI=1S/C12H15N3OS2/c1-12(14,10(13)16)6-7-17-11-15-8-4-2-3-5-9(8)18-11/h2-5H,6-7,14H2,1H3,(H2,13,16). The first kappa shape index (κ1) is 13.3. The molecule has 0 aliphatic rings. The lowest BCUT2D eigenvalue weighted by atomic mass is 10.0. The zero-order valence-electron chi connectivity index (χ0n) is 10.1. The van der Waals surface area contributed by atoms with E-state index in [1.54, 1.807) is 30.0 Å². The topological polar surface area (TPSA) is 82.0 Å². The second-order valence-electron chi connectivity index (χ2n) is 4.33. The number of amides is 1. The van der Waals surface area contributed by atoms with Crippen LogP contribution in [0.4, 0.5) is 0 Å². The van der Waals surface area contributed by atoms with E-state index in [0.29, 0.717) is 6.42 Å². The summed E-state index contributed by atoms with van der Waals surface area (Å²) in [5.74, 6) is 0.267. The van der Waals surface area contributed by atoms with Crippen molar-refractivity contribution in [1.29, 1.82) is 0 Å². The van der Waals surface area contributed by atoms with Crippen LogP contribution in [-0.4, -0.2) is 22.2 Å². The Kier molecular flexibility index (Phi) is 3.89. The Bertz CT molecular complexity index is 532. The lowest BCUT2D eigenvalue weighted by Crippen LogP contribution is -2.49. The van der Waals surface area contributed by atoms with Crippen molar-refractivity contribution in [2.45, 2.75) is 23.2 Å². The number of carbonyl (C=O) groups excluding carboxylic acids is 1. The van der Waals surface area contributed by atoms with Gasteiger partial charge in [0.15, 0.2) is 4.34 Å². The van der Waals surface area contributed by atoms with Crippen LogP contribution >= 0.6 is 23.1 Å². The SMILES string of the molecule is CC(N)(CCSc1nc2ccccc2s1)C(N)=O. The summed E-state index contributed by atoms with van der Waals surface area (Å²) < 4.78 is 2.17. The molecule has 1 unspecified atom stereocenters. The lowest BCUT2D eigenvalue weighted by Gasteiger charge is -2.19. The smallest absolute Gasteiger partial charge is 0.237 e. The summed E-state index contributed by atoms with van der Waals surface area (Å²) in [6, 6.07) is 8.01. The number of aromatic nitrogens is 1. The first-order valence-electron chi connectivity index (χ1n) is 5.56. The van der Waals surface area contributed by atoms with Gasteiger partial charge < -0.3 is 11.5 Å². The Balaban J connectivity index is 1.96. The Morgan fingerprint density at radius 3 is 2.89 bits per heavy atom. The van der Waals surface area contributed by atoms with Gasteiger partial charge in [0, 0.05) is 5.75 Å². The van der Waals surface area contributed by atoms with Crippen LogP contribution in [0.5, 0.6) is 0 Å². The molecule has 4 nitrogen and oxygen atoms in total. The highest BCUT2D eigenvalue weighted by Gasteiger charge is 2.25. The highest BCUT2D eigenvalue weighted by molar-refractivity contribution is 8.01. The van der Waals surface area contributed by atoms with Crippen molar-refractivity contribution in [3.63, 3.8) is 0 Å². The van der Waals surface area contributed by atoms with E-state index in [2.05, 4.69) is 4.98 Å². The molecule has 0 spiro atoms. The number of benzene rings is 1. The summed E-state index contributed by atoms with van der Waals surface area (Å²) in [4.78, 5) is 15.6.